The largest absolute Gasteiger partial charge is 0.481 e. The van der Waals surface area contributed by atoms with Gasteiger partial charge in [0.1, 0.15) is 0 Å². The summed E-state index contributed by atoms with van der Waals surface area (Å²) in [6.07, 6.45) is 5.92. The number of hydrogen-bond donors (Lipinski definition) is 1. The van der Waals surface area contributed by atoms with E-state index in [1.165, 1.54) is 0 Å². The van der Waals surface area contributed by atoms with E-state index in [0.717, 1.165) is 29.7 Å². The second kappa shape index (κ2) is 4.23. The first-order chi connectivity index (χ1) is 9.09. The molecule has 1 heterocycles. The minimum Gasteiger partial charge on any atom is -0.481 e. The predicted molar refractivity (Wildman–Crippen MR) is 71.5 cm³/mol. The Hall–Kier alpha value is -2.10. The van der Waals surface area contributed by atoms with Crippen LogP contribution in [0.1, 0.15) is 30.4 Å². The second-order valence-electron chi connectivity index (χ2n) is 5.36. The van der Waals surface area contributed by atoms with E-state index in [0.29, 0.717) is 0 Å². The van der Waals surface area contributed by atoms with Gasteiger partial charge in [-0.05, 0) is 43.0 Å². The van der Waals surface area contributed by atoms with E-state index in [9.17, 15) is 4.79 Å². The summed E-state index contributed by atoms with van der Waals surface area (Å²) in [5.74, 6) is -0.724. The number of carboxylic acids is 1. The molecular formula is C15H16N2O2. The van der Waals surface area contributed by atoms with Crippen molar-refractivity contribution >= 4 is 5.97 Å². The van der Waals surface area contributed by atoms with Crippen LogP contribution in [0.25, 0.3) is 5.69 Å². The van der Waals surface area contributed by atoms with Crippen molar-refractivity contribution in [2.75, 3.05) is 0 Å². The van der Waals surface area contributed by atoms with Crippen LogP contribution >= 0.6 is 0 Å². The number of aryl methyl sites for hydroxylation is 1. The molecule has 4 heteroatoms. The molecule has 0 atom stereocenters. The molecule has 98 valence electrons. The van der Waals surface area contributed by atoms with Crippen LogP contribution in [0.3, 0.4) is 0 Å². The first-order valence-corrected chi connectivity index (χ1v) is 6.43. The van der Waals surface area contributed by atoms with Gasteiger partial charge in [-0.1, -0.05) is 12.1 Å². The van der Waals surface area contributed by atoms with E-state index in [2.05, 4.69) is 11.2 Å². The SMILES string of the molecule is Cc1cnn(-c2cccc(C3(CC(=O)O)CC3)c2)c1. The molecule has 3 rings (SSSR count). The molecule has 2 aromatic rings. The predicted octanol–water partition coefficient (Wildman–Crippen LogP) is 2.69. The fourth-order valence-corrected chi connectivity index (χ4v) is 2.54. The van der Waals surface area contributed by atoms with Gasteiger partial charge in [0, 0.05) is 11.6 Å². The average Bonchev–Trinajstić information content (AvgIpc) is 3.02. The zero-order valence-corrected chi connectivity index (χ0v) is 10.8. The summed E-state index contributed by atoms with van der Waals surface area (Å²) in [7, 11) is 0. The van der Waals surface area contributed by atoms with Crippen LogP contribution in [0.2, 0.25) is 0 Å². The molecule has 1 aromatic carbocycles. The lowest BCUT2D eigenvalue weighted by Gasteiger charge is -2.14. The first-order valence-electron chi connectivity index (χ1n) is 6.43. The summed E-state index contributed by atoms with van der Waals surface area (Å²) >= 11 is 0. The maximum Gasteiger partial charge on any atom is 0.304 e. The van der Waals surface area contributed by atoms with E-state index in [-0.39, 0.29) is 11.8 Å². The van der Waals surface area contributed by atoms with Gasteiger partial charge in [-0.3, -0.25) is 4.79 Å². The Bertz CT molecular complexity index is 627. The fourth-order valence-electron chi connectivity index (χ4n) is 2.54. The summed E-state index contributed by atoms with van der Waals surface area (Å²) < 4.78 is 1.83. The molecule has 1 saturated carbocycles. The van der Waals surface area contributed by atoms with Crippen molar-refractivity contribution in [2.24, 2.45) is 0 Å². The molecule has 1 aliphatic rings. The molecule has 0 bridgehead atoms. The Morgan fingerprint density at radius 3 is 2.84 bits per heavy atom. The van der Waals surface area contributed by atoms with E-state index < -0.39 is 5.97 Å². The third kappa shape index (κ3) is 2.26. The Balaban J connectivity index is 1.94. The zero-order chi connectivity index (χ0) is 13.5. The summed E-state index contributed by atoms with van der Waals surface area (Å²) in [6.45, 7) is 2.00. The minimum absolute atomic E-state index is 0.149. The van der Waals surface area contributed by atoms with Gasteiger partial charge in [0.15, 0.2) is 0 Å². The van der Waals surface area contributed by atoms with E-state index in [1.807, 2.05) is 42.2 Å². The maximum absolute atomic E-state index is 11.0. The highest BCUT2D eigenvalue weighted by Gasteiger charge is 2.46. The highest BCUT2D eigenvalue weighted by Crippen LogP contribution is 2.51. The molecule has 1 N–H and O–H groups in total. The number of aliphatic carboxylic acids is 1. The van der Waals surface area contributed by atoms with Crippen LogP contribution in [-0.4, -0.2) is 20.9 Å². The van der Waals surface area contributed by atoms with E-state index >= 15 is 0 Å². The van der Waals surface area contributed by atoms with Gasteiger partial charge in [0.05, 0.1) is 18.3 Å². The van der Waals surface area contributed by atoms with E-state index in [4.69, 9.17) is 5.11 Å². The summed E-state index contributed by atoms with van der Waals surface area (Å²) in [5, 5.41) is 13.3. The molecule has 19 heavy (non-hydrogen) atoms. The van der Waals surface area contributed by atoms with Crippen LogP contribution in [0, 0.1) is 6.92 Å². The Labute approximate surface area is 111 Å². The van der Waals surface area contributed by atoms with Crippen LogP contribution in [-0.2, 0) is 10.2 Å². The first kappa shape index (κ1) is 12.0. The van der Waals surface area contributed by atoms with Crippen molar-refractivity contribution in [3.8, 4) is 5.69 Å². The fraction of sp³-hybridized carbons (Fsp3) is 0.333. The number of rotatable bonds is 4. The molecule has 1 fully saturated rings. The maximum atomic E-state index is 11.0. The molecule has 4 nitrogen and oxygen atoms in total. The normalized spacial score (nSPS) is 16.3. The summed E-state index contributed by atoms with van der Waals surface area (Å²) in [5.41, 5.74) is 3.06. The quantitative estimate of drug-likeness (QED) is 0.915. The highest BCUT2D eigenvalue weighted by molar-refractivity contribution is 5.70. The minimum atomic E-state index is -0.724. The van der Waals surface area contributed by atoms with Gasteiger partial charge in [0.2, 0.25) is 0 Å². The summed E-state index contributed by atoms with van der Waals surface area (Å²) in [4.78, 5) is 11.0. The Kier molecular flexibility index (Phi) is 2.66. The number of hydrogen-bond acceptors (Lipinski definition) is 2. The van der Waals surface area contributed by atoms with Gasteiger partial charge < -0.3 is 5.11 Å². The molecule has 0 radical (unpaired) electrons. The molecule has 0 amide bonds. The Morgan fingerprint density at radius 2 is 2.26 bits per heavy atom. The smallest absolute Gasteiger partial charge is 0.304 e. The second-order valence-corrected chi connectivity index (χ2v) is 5.36. The van der Waals surface area contributed by atoms with E-state index in [1.54, 1.807) is 0 Å². The number of aromatic nitrogens is 2. The molecular weight excluding hydrogens is 240 g/mol. The lowest BCUT2D eigenvalue weighted by atomic mass is 9.92. The number of carbonyl (C=O) groups is 1. The van der Waals surface area contributed by atoms with Crippen LogP contribution in [0.5, 0.6) is 0 Å². The van der Waals surface area contributed by atoms with Crippen molar-refractivity contribution < 1.29 is 9.90 Å². The zero-order valence-electron chi connectivity index (χ0n) is 10.8. The lowest BCUT2D eigenvalue weighted by molar-refractivity contribution is -0.137. The topological polar surface area (TPSA) is 55.1 Å². The molecule has 0 aliphatic heterocycles. The molecule has 1 aromatic heterocycles. The third-order valence-electron chi connectivity index (χ3n) is 3.78. The monoisotopic (exact) mass is 256 g/mol. The molecule has 0 unspecified atom stereocenters. The van der Waals surface area contributed by atoms with Crippen molar-refractivity contribution in [3.63, 3.8) is 0 Å². The lowest BCUT2D eigenvalue weighted by Crippen LogP contribution is -2.13. The van der Waals surface area contributed by atoms with Crippen molar-refractivity contribution in [1.29, 1.82) is 0 Å². The Morgan fingerprint density at radius 1 is 1.47 bits per heavy atom. The number of nitrogens with zero attached hydrogens (tertiary/aromatic N) is 2. The highest BCUT2D eigenvalue weighted by atomic mass is 16.4. The third-order valence-corrected chi connectivity index (χ3v) is 3.78. The van der Waals surface area contributed by atoms with Gasteiger partial charge in [-0.2, -0.15) is 5.10 Å². The van der Waals surface area contributed by atoms with Gasteiger partial charge in [-0.25, -0.2) is 4.68 Å². The van der Waals surface area contributed by atoms with Crippen molar-refractivity contribution in [1.82, 2.24) is 9.78 Å². The summed E-state index contributed by atoms with van der Waals surface area (Å²) in [6, 6.07) is 8.05. The molecule has 1 aliphatic carbocycles. The molecule has 0 saturated heterocycles. The average molecular weight is 256 g/mol. The van der Waals surface area contributed by atoms with Gasteiger partial charge >= 0.3 is 5.97 Å². The van der Waals surface area contributed by atoms with Crippen molar-refractivity contribution in [2.45, 2.75) is 31.6 Å². The molecule has 0 spiro atoms. The van der Waals surface area contributed by atoms with Crippen LogP contribution in [0.15, 0.2) is 36.7 Å². The van der Waals surface area contributed by atoms with Crippen LogP contribution < -0.4 is 0 Å². The van der Waals surface area contributed by atoms with Crippen molar-refractivity contribution in [3.05, 3.63) is 47.8 Å². The number of benzene rings is 1. The van der Waals surface area contributed by atoms with Gasteiger partial charge in [0.25, 0.3) is 0 Å². The van der Waals surface area contributed by atoms with Gasteiger partial charge in [-0.15, -0.1) is 0 Å². The standard InChI is InChI=1S/C15H16N2O2/c1-11-9-16-17(10-11)13-4-2-3-12(7-13)15(5-6-15)8-14(18)19/h2-4,7,9-10H,5-6,8H2,1H3,(H,18,19). The van der Waals surface area contributed by atoms with Crippen LogP contribution in [0.4, 0.5) is 0 Å². The number of carboxylic acid groups (broad SMARTS) is 1.